The second kappa shape index (κ2) is 6.08. The number of amides is 1. The number of rotatable bonds is 4. The van der Waals surface area contributed by atoms with Gasteiger partial charge in [-0.2, -0.15) is 0 Å². The Bertz CT molecular complexity index is 908. The largest absolute Gasteiger partial charge is 0.573 e. The third-order valence-electron chi connectivity index (χ3n) is 3.09. The van der Waals surface area contributed by atoms with E-state index < -0.39 is 12.3 Å². The van der Waals surface area contributed by atoms with Crippen LogP contribution >= 0.6 is 11.8 Å². The lowest BCUT2D eigenvalue weighted by molar-refractivity contribution is -0.275. The first-order valence-electron chi connectivity index (χ1n) is 6.63. The van der Waals surface area contributed by atoms with Crippen molar-refractivity contribution in [3.8, 4) is 5.75 Å². The van der Waals surface area contributed by atoms with Gasteiger partial charge in [-0.3, -0.25) is 9.78 Å². The van der Waals surface area contributed by atoms with Gasteiger partial charge in [0.05, 0.1) is 21.5 Å². The molecule has 0 saturated carbocycles. The number of halogens is 3. The average molecular weight is 353 g/mol. The standard InChI is InChI=1S/C15H10F3N3O2S/c16-15(17,18)23-10-3-1-2-4-11(10)24-13-8-5-6-20-7-9(8)21-12(13)14(19)22/h1-7,21H,(H2,19,22). The number of alkyl halides is 3. The topological polar surface area (TPSA) is 81.0 Å². The number of carbonyl (C=O) groups is 1. The molecule has 0 spiro atoms. The first kappa shape index (κ1) is 16.2. The van der Waals surface area contributed by atoms with Crippen LogP contribution in [-0.2, 0) is 0 Å². The molecular weight excluding hydrogens is 343 g/mol. The lowest BCUT2D eigenvalue weighted by Gasteiger charge is -2.12. The predicted octanol–water partition coefficient (Wildman–Crippen LogP) is 3.71. The summed E-state index contributed by atoms with van der Waals surface area (Å²) in [5, 5.41) is 0.630. The van der Waals surface area contributed by atoms with Crippen molar-refractivity contribution >= 4 is 28.6 Å². The number of pyridine rings is 1. The van der Waals surface area contributed by atoms with E-state index in [1.54, 1.807) is 12.1 Å². The fourth-order valence-electron chi connectivity index (χ4n) is 2.15. The Morgan fingerprint density at radius 1 is 1.25 bits per heavy atom. The molecule has 0 aliphatic rings. The van der Waals surface area contributed by atoms with Crippen molar-refractivity contribution < 1.29 is 22.7 Å². The van der Waals surface area contributed by atoms with Crippen LogP contribution in [0, 0.1) is 0 Å². The van der Waals surface area contributed by atoms with Crippen molar-refractivity contribution in [2.45, 2.75) is 16.2 Å². The van der Waals surface area contributed by atoms with Crippen LogP contribution in [-0.4, -0.2) is 22.2 Å². The number of nitrogens with two attached hydrogens (primary N) is 1. The third kappa shape index (κ3) is 3.30. The summed E-state index contributed by atoms with van der Waals surface area (Å²) >= 11 is 0.961. The minimum absolute atomic E-state index is 0.102. The first-order valence-corrected chi connectivity index (χ1v) is 7.45. The summed E-state index contributed by atoms with van der Waals surface area (Å²) in [6, 6.07) is 7.33. The molecule has 124 valence electrons. The SMILES string of the molecule is NC(=O)c1[nH]c2cnccc2c1Sc1ccccc1OC(F)(F)F. The molecule has 0 unspecified atom stereocenters. The van der Waals surface area contributed by atoms with Crippen molar-refractivity contribution in [1.29, 1.82) is 0 Å². The molecule has 0 bridgehead atoms. The zero-order valence-electron chi connectivity index (χ0n) is 11.9. The Morgan fingerprint density at radius 2 is 2.00 bits per heavy atom. The van der Waals surface area contributed by atoms with E-state index in [1.165, 1.54) is 30.6 Å². The van der Waals surface area contributed by atoms with Crippen molar-refractivity contribution in [2.24, 2.45) is 5.73 Å². The molecule has 24 heavy (non-hydrogen) atoms. The van der Waals surface area contributed by atoms with Crippen LogP contribution < -0.4 is 10.5 Å². The van der Waals surface area contributed by atoms with Gasteiger partial charge >= 0.3 is 6.36 Å². The van der Waals surface area contributed by atoms with Crippen molar-refractivity contribution in [2.75, 3.05) is 0 Å². The van der Waals surface area contributed by atoms with Crippen LogP contribution in [0.1, 0.15) is 10.5 Å². The maximum absolute atomic E-state index is 12.5. The molecule has 1 aromatic carbocycles. The first-order chi connectivity index (χ1) is 11.3. The molecule has 1 amide bonds. The molecule has 0 aliphatic heterocycles. The average Bonchev–Trinajstić information content (AvgIpc) is 2.87. The van der Waals surface area contributed by atoms with Crippen LogP contribution in [0.15, 0.2) is 52.5 Å². The third-order valence-corrected chi connectivity index (χ3v) is 4.27. The van der Waals surface area contributed by atoms with E-state index in [1.807, 2.05) is 0 Å². The number of nitrogens with one attached hydrogen (secondary N) is 1. The molecule has 2 heterocycles. The van der Waals surface area contributed by atoms with Gasteiger partial charge in [0.1, 0.15) is 11.4 Å². The number of aromatic amines is 1. The summed E-state index contributed by atoms with van der Waals surface area (Å²) in [6.07, 6.45) is -1.79. The fraction of sp³-hybridized carbons (Fsp3) is 0.0667. The van der Waals surface area contributed by atoms with E-state index in [2.05, 4.69) is 14.7 Å². The van der Waals surface area contributed by atoms with Gasteiger partial charge in [-0.1, -0.05) is 23.9 Å². The number of carbonyl (C=O) groups excluding carboxylic acids is 1. The molecular formula is C15H10F3N3O2S. The van der Waals surface area contributed by atoms with E-state index in [4.69, 9.17) is 5.73 Å². The number of aromatic nitrogens is 2. The normalized spacial score (nSPS) is 11.6. The number of benzene rings is 1. The van der Waals surface area contributed by atoms with Crippen molar-refractivity contribution in [3.63, 3.8) is 0 Å². The smallest absolute Gasteiger partial charge is 0.405 e. The fourth-order valence-corrected chi connectivity index (χ4v) is 3.27. The van der Waals surface area contributed by atoms with E-state index in [0.29, 0.717) is 15.8 Å². The Balaban J connectivity index is 2.08. The highest BCUT2D eigenvalue weighted by molar-refractivity contribution is 7.99. The monoisotopic (exact) mass is 353 g/mol. The van der Waals surface area contributed by atoms with Gasteiger partial charge in [-0.15, -0.1) is 13.2 Å². The van der Waals surface area contributed by atoms with Crippen LogP contribution in [0.2, 0.25) is 0 Å². The number of hydrogen-bond donors (Lipinski definition) is 2. The Kier molecular flexibility index (Phi) is 4.10. The second-order valence-corrected chi connectivity index (χ2v) is 5.76. The Hall–Kier alpha value is -2.68. The highest BCUT2D eigenvalue weighted by atomic mass is 32.2. The maximum Gasteiger partial charge on any atom is 0.573 e. The number of primary amides is 1. The molecule has 3 N–H and O–H groups in total. The molecule has 0 radical (unpaired) electrons. The molecule has 3 aromatic rings. The molecule has 0 aliphatic carbocycles. The highest BCUT2D eigenvalue weighted by Crippen LogP contribution is 2.41. The summed E-state index contributed by atoms with van der Waals surface area (Å²) in [7, 11) is 0. The predicted molar refractivity (Wildman–Crippen MR) is 81.9 cm³/mol. The lowest BCUT2D eigenvalue weighted by Crippen LogP contribution is -2.17. The molecule has 0 saturated heterocycles. The van der Waals surface area contributed by atoms with Gasteiger partial charge < -0.3 is 15.5 Å². The van der Waals surface area contributed by atoms with Gasteiger partial charge in [-0.25, -0.2) is 0 Å². The van der Waals surface area contributed by atoms with Crippen molar-refractivity contribution in [3.05, 3.63) is 48.4 Å². The Morgan fingerprint density at radius 3 is 2.71 bits per heavy atom. The summed E-state index contributed by atoms with van der Waals surface area (Å²) < 4.78 is 41.7. The zero-order chi connectivity index (χ0) is 17.3. The number of nitrogens with zero attached hydrogens (tertiary/aromatic N) is 1. The van der Waals surface area contributed by atoms with Crippen LogP contribution in [0.25, 0.3) is 10.9 Å². The lowest BCUT2D eigenvalue weighted by atomic mass is 10.3. The quantitative estimate of drug-likeness (QED) is 0.749. The van der Waals surface area contributed by atoms with Crippen LogP contribution in [0.5, 0.6) is 5.75 Å². The second-order valence-electron chi connectivity index (χ2n) is 4.71. The van der Waals surface area contributed by atoms with E-state index >= 15 is 0 Å². The number of hydrogen-bond acceptors (Lipinski definition) is 4. The van der Waals surface area contributed by atoms with Gasteiger partial charge in [0, 0.05) is 11.6 Å². The van der Waals surface area contributed by atoms with E-state index in [9.17, 15) is 18.0 Å². The summed E-state index contributed by atoms with van der Waals surface area (Å²) in [4.78, 5) is 19.0. The highest BCUT2D eigenvalue weighted by Gasteiger charge is 2.32. The molecule has 2 aromatic heterocycles. The number of para-hydroxylation sites is 1. The Labute approximate surface area is 138 Å². The van der Waals surface area contributed by atoms with Crippen molar-refractivity contribution in [1.82, 2.24) is 9.97 Å². The molecule has 9 heteroatoms. The van der Waals surface area contributed by atoms with Gasteiger partial charge in [-0.05, 0) is 18.2 Å². The van der Waals surface area contributed by atoms with Gasteiger partial charge in [0.2, 0.25) is 0 Å². The van der Waals surface area contributed by atoms with Crippen LogP contribution in [0.4, 0.5) is 13.2 Å². The minimum atomic E-state index is -4.81. The molecule has 0 atom stereocenters. The molecule has 3 rings (SSSR count). The van der Waals surface area contributed by atoms with Gasteiger partial charge in [0.15, 0.2) is 0 Å². The molecule has 5 nitrogen and oxygen atoms in total. The number of ether oxygens (including phenoxy) is 1. The maximum atomic E-state index is 12.5. The van der Waals surface area contributed by atoms with Crippen LogP contribution in [0.3, 0.4) is 0 Å². The minimum Gasteiger partial charge on any atom is -0.405 e. The zero-order valence-corrected chi connectivity index (χ0v) is 12.7. The van der Waals surface area contributed by atoms with E-state index in [-0.39, 0.29) is 16.3 Å². The summed E-state index contributed by atoms with van der Waals surface area (Å²) in [5.74, 6) is -1.07. The molecule has 0 fully saturated rings. The summed E-state index contributed by atoms with van der Waals surface area (Å²) in [6.45, 7) is 0. The van der Waals surface area contributed by atoms with E-state index in [0.717, 1.165) is 11.8 Å². The number of fused-ring (bicyclic) bond motifs is 1. The number of H-pyrrole nitrogens is 1. The summed E-state index contributed by atoms with van der Waals surface area (Å²) in [5.41, 5.74) is 6.02. The van der Waals surface area contributed by atoms with Gasteiger partial charge in [0.25, 0.3) is 5.91 Å².